The zero-order chi connectivity index (χ0) is 19.9. The number of amides is 3. The summed E-state index contributed by atoms with van der Waals surface area (Å²) in [5.41, 5.74) is 9.61. The van der Waals surface area contributed by atoms with Gasteiger partial charge in [0.15, 0.2) is 0 Å². The summed E-state index contributed by atoms with van der Waals surface area (Å²) in [6.45, 7) is -0.705. The molecule has 1 aromatic rings. The van der Waals surface area contributed by atoms with Gasteiger partial charge in [-0.15, -0.1) is 0 Å². The van der Waals surface area contributed by atoms with Crippen LogP contribution in [0.4, 0.5) is 11.4 Å². The number of carboxylic acids is 1. The number of carbonyl (C=O) groups excluding carboxylic acids is 3. The number of carbonyl (C=O) groups is 4. The SMILES string of the molecule is NC(=O)CCC(NC(=O)c1ccc(N)cc1[N+](=O)[O-])C(=O)NCC(=O)O. The average Bonchev–Trinajstić information content (AvgIpc) is 2.55. The number of nitrogens with one attached hydrogen (secondary N) is 2. The molecule has 7 N–H and O–H groups in total. The van der Waals surface area contributed by atoms with Gasteiger partial charge in [-0.2, -0.15) is 0 Å². The first-order valence-corrected chi connectivity index (χ1v) is 7.24. The number of carboxylic acid groups (broad SMARTS) is 1. The standard InChI is InChI=1S/C14H17N5O7/c15-7-1-2-8(10(5-7)19(25)26)13(23)18-9(3-4-11(16)20)14(24)17-6-12(21)22/h1-2,5,9H,3-4,6,15H2,(H2,16,20)(H,17,24)(H,18,23)(H,21,22). The highest BCUT2D eigenvalue weighted by Crippen LogP contribution is 2.21. The highest BCUT2D eigenvalue weighted by molar-refractivity contribution is 6.01. The van der Waals surface area contributed by atoms with Crippen molar-refractivity contribution in [3.05, 3.63) is 33.9 Å². The van der Waals surface area contributed by atoms with E-state index in [1.165, 1.54) is 6.07 Å². The van der Waals surface area contributed by atoms with Crippen LogP contribution in [0, 0.1) is 10.1 Å². The summed E-state index contributed by atoms with van der Waals surface area (Å²) in [7, 11) is 0. The summed E-state index contributed by atoms with van der Waals surface area (Å²) >= 11 is 0. The summed E-state index contributed by atoms with van der Waals surface area (Å²) in [5.74, 6) is -3.89. The Labute approximate surface area is 146 Å². The van der Waals surface area contributed by atoms with Gasteiger partial charge in [-0.25, -0.2) is 0 Å². The van der Waals surface area contributed by atoms with E-state index in [2.05, 4.69) is 10.6 Å². The van der Waals surface area contributed by atoms with Gasteiger partial charge >= 0.3 is 5.97 Å². The van der Waals surface area contributed by atoms with E-state index in [1.807, 2.05) is 0 Å². The lowest BCUT2D eigenvalue weighted by Gasteiger charge is -2.17. The molecule has 12 nitrogen and oxygen atoms in total. The molecule has 0 heterocycles. The van der Waals surface area contributed by atoms with Gasteiger partial charge in [-0.1, -0.05) is 0 Å². The van der Waals surface area contributed by atoms with Crippen LogP contribution in [0.5, 0.6) is 0 Å². The largest absolute Gasteiger partial charge is 0.480 e. The fourth-order valence-electron chi connectivity index (χ4n) is 1.97. The summed E-state index contributed by atoms with van der Waals surface area (Å²) in [6, 6.07) is 2.05. The number of benzene rings is 1. The summed E-state index contributed by atoms with van der Waals surface area (Å²) in [5, 5.41) is 23.9. The van der Waals surface area contributed by atoms with Gasteiger partial charge in [-0.05, 0) is 18.6 Å². The molecule has 0 aliphatic heterocycles. The highest BCUT2D eigenvalue weighted by atomic mass is 16.6. The number of nitro groups is 1. The monoisotopic (exact) mass is 367 g/mol. The third-order valence-electron chi connectivity index (χ3n) is 3.18. The van der Waals surface area contributed by atoms with Crippen molar-refractivity contribution in [1.82, 2.24) is 10.6 Å². The van der Waals surface area contributed by atoms with Crippen molar-refractivity contribution in [2.45, 2.75) is 18.9 Å². The molecule has 1 atom stereocenters. The highest BCUT2D eigenvalue weighted by Gasteiger charge is 2.26. The predicted octanol–water partition coefficient (Wildman–Crippen LogP) is -1.26. The van der Waals surface area contributed by atoms with Crippen LogP contribution < -0.4 is 22.1 Å². The third kappa shape index (κ3) is 6.07. The van der Waals surface area contributed by atoms with Gasteiger partial charge in [0.1, 0.15) is 18.2 Å². The van der Waals surface area contributed by atoms with Gasteiger partial charge < -0.3 is 27.2 Å². The quantitative estimate of drug-likeness (QED) is 0.202. The van der Waals surface area contributed by atoms with Crippen LogP contribution in [-0.4, -0.2) is 46.3 Å². The smallest absolute Gasteiger partial charge is 0.322 e. The van der Waals surface area contributed by atoms with Crippen LogP contribution >= 0.6 is 0 Å². The topological polar surface area (TPSA) is 208 Å². The van der Waals surface area contributed by atoms with E-state index in [0.29, 0.717) is 0 Å². The van der Waals surface area contributed by atoms with Gasteiger partial charge in [0.05, 0.1) is 4.92 Å². The van der Waals surface area contributed by atoms with Crippen LogP contribution in [0.2, 0.25) is 0 Å². The van der Waals surface area contributed by atoms with Crippen molar-refractivity contribution >= 4 is 35.1 Å². The maximum atomic E-state index is 12.3. The molecular formula is C14H17N5O7. The molecule has 0 fully saturated rings. The van der Waals surface area contributed by atoms with Gasteiger partial charge in [0.25, 0.3) is 11.6 Å². The zero-order valence-electron chi connectivity index (χ0n) is 13.4. The number of nitrogens with zero attached hydrogens (tertiary/aromatic N) is 1. The number of nitrogens with two attached hydrogens (primary N) is 2. The fraction of sp³-hybridized carbons (Fsp3) is 0.286. The summed E-state index contributed by atoms with van der Waals surface area (Å²) in [6.07, 6.45) is -0.482. The third-order valence-corrected chi connectivity index (χ3v) is 3.18. The second-order valence-electron chi connectivity index (χ2n) is 5.18. The van der Waals surface area contributed by atoms with Gasteiger partial charge in [0, 0.05) is 18.2 Å². The first-order valence-electron chi connectivity index (χ1n) is 7.24. The molecule has 0 aliphatic carbocycles. The van der Waals surface area contributed by atoms with E-state index >= 15 is 0 Å². The molecule has 0 aliphatic rings. The van der Waals surface area contributed by atoms with Gasteiger partial charge in [-0.3, -0.25) is 29.3 Å². The predicted molar refractivity (Wildman–Crippen MR) is 87.8 cm³/mol. The molecule has 3 amide bonds. The maximum absolute atomic E-state index is 12.3. The Hall–Kier alpha value is -3.70. The number of anilines is 1. The van der Waals surface area contributed by atoms with Gasteiger partial charge in [0.2, 0.25) is 11.8 Å². The zero-order valence-corrected chi connectivity index (χ0v) is 13.4. The minimum absolute atomic E-state index is 0.0673. The Morgan fingerprint density at radius 3 is 2.46 bits per heavy atom. The molecule has 1 unspecified atom stereocenters. The fourth-order valence-corrected chi connectivity index (χ4v) is 1.97. The first kappa shape index (κ1) is 20.3. The van der Waals surface area contributed by atoms with Crippen LogP contribution in [0.25, 0.3) is 0 Å². The molecule has 0 saturated heterocycles. The Morgan fingerprint density at radius 1 is 1.27 bits per heavy atom. The van der Waals surface area contributed by atoms with Crippen molar-refractivity contribution in [2.24, 2.45) is 5.73 Å². The Kier molecular flexibility index (Phi) is 7.01. The molecule has 0 bridgehead atoms. The number of hydrogen-bond donors (Lipinski definition) is 5. The molecule has 0 saturated carbocycles. The first-order chi connectivity index (χ1) is 12.1. The van der Waals surface area contributed by atoms with Crippen molar-refractivity contribution < 1.29 is 29.2 Å². The van der Waals surface area contributed by atoms with Crippen molar-refractivity contribution in [2.75, 3.05) is 12.3 Å². The summed E-state index contributed by atoms with van der Waals surface area (Å²) < 4.78 is 0. The summed E-state index contributed by atoms with van der Waals surface area (Å²) in [4.78, 5) is 56.0. The van der Waals surface area contributed by atoms with Crippen molar-refractivity contribution in [1.29, 1.82) is 0 Å². The number of primary amides is 1. The molecule has 26 heavy (non-hydrogen) atoms. The Bertz CT molecular complexity index is 749. The molecule has 1 aromatic carbocycles. The molecule has 12 heteroatoms. The van der Waals surface area contributed by atoms with Crippen molar-refractivity contribution in [3.63, 3.8) is 0 Å². The average molecular weight is 367 g/mol. The molecule has 140 valence electrons. The Morgan fingerprint density at radius 2 is 1.92 bits per heavy atom. The minimum atomic E-state index is -1.31. The number of nitrogen functional groups attached to an aromatic ring is 1. The van der Waals surface area contributed by atoms with E-state index in [1.54, 1.807) is 0 Å². The lowest BCUT2D eigenvalue weighted by atomic mass is 10.1. The molecule has 0 radical (unpaired) electrons. The second kappa shape index (κ2) is 8.96. The van der Waals surface area contributed by atoms with E-state index in [-0.39, 0.29) is 24.1 Å². The van der Waals surface area contributed by atoms with E-state index in [0.717, 1.165) is 12.1 Å². The number of hydrogen-bond acceptors (Lipinski definition) is 7. The van der Waals surface area contributed by atoms with E-state index < -0.39 is 46.9 Å². The lowest BCUT2D eigenvalue weighted by molar-refractivity contribution is -0.385. The van der Waals surface area contributed by atoms with Crippen LogP contribution in [0.15, 0.2) is 18.2 Å². The van der Waals surface area contributed by atoms with E-state index in [4.69, 9.17) is 16.6 Å². The number of aliphatic carboxylic acids is 1. The Balaban J connectivity index is 3.00. The number of rotatable bonds is 9. The molecule has 0 spiro atoms. The van der Waals surface area contributed by atoms with Crippen LogP contribution in [0.3, 0.4) is 0 Å². The van der Waals surface area contributed by atoms with Crippen LogP contribution in [-0.2, 0) is 14.4 Å². The second-order valence-corrected chi connectivity index (χ2v) is 5.18. The molecular weight excluding hydrogens is 350 g/mol. The normalized spacial score (nSPS) is 11.2. The van der Waals surface area contributed by atoms with Crippen LogP contribution in [0.1, 0.15) is 23.2 Å². The van der Waals surface area contributed by atoms with Crippen molar-refractivity contribution in [3.8, 4) is 0 Å². The minimum Gasteiger partial charge on any atom is -0.480 e. The lowest BCUT2D eigenvalue weighted by Crippen LogP contribution is -2.48. The number of nitro benzene ring substituents is 1. The van der Waals surface area contributed by atoms with E-state index in [9.17, 15) is 29.3 Å². The molecule has 0 aromatic heterocycles. The molecule has 1 rings (SSSR count). The maximum Gasteiger partial charge on any atom is 0.322 e.